The SMILES string of the molecule is CC(C)n1cnc2c(Nc3ccc4c(c3)OCO4)nc(Nc3ccc(C(F)(F)F)cc3)nc21. The number of ether oxygens (including phenoxy) is 2. The van der Waals surface area contributed by atoms with E-state index < -0.39 is 11.7 Å². The lowest BCUT2D eigenvalue weighted by molar-refractivity contribution is -0.137. The zero-order valence-electron chi connectivity index (χ0n) is 17.6. The summed E-state index contributed by atoms with van der Waals surface area (Å²) in [5.74, 6) is 1.92. The van der Waals surface area contributed by atoms with Crippen LogP contribution in [0.25, 0.3) is 11.2 Å². The molecule has 5 rings (SSSR count). The second-order valence-electron chi connectivity index (χ2n) is 7.71. The average molecular weight is 456 g/mol. The number of halogens is 3. The Bertz CT molecular complexity index is 1320. The minimum atomic E-state index is -4.40. The van der Waals surface area contributed by atoms with E-state index in [1.54, 1.807) is 18.5 Å². The van der Waals surface area contributed by atoms with Gasteiger partial charge in [0.05, 0.1) is 11.9 Å². The van der Waals surface area contributed by atoms with E-state index >= 15 is 0 Å². The van der Waals surface area contributed by atoms with Crippen LogP contribution in [-0.4, -0.2) is 26.3 Å². The van der Waals surface area contributed by atoms with E-state index in [0.717, 1.165) is 12.1 Å². The van der Waals surface area contributed by atoms with Crippen molar-refractivity contribution in [3.05, 3.63) is 54.4 Å². The van der Waals surface area contributed by atoms with E-state index in [9.17, 15) is 13.2 Å². The molecule has 0 radical (unpaired) electrons. The monoisotopic (exact) mass is 456 g/mol. The van der Waals surface area contributed by atoms with Gasteiger partial charge in [0.25, 0.3) is 0 Å². The maximum atomic E-state index is 12.9. The summed E-state index contributed by atoms with van der Waals surface area (Å²) in [5, 5.41) is 6.22. The first-order valence-corrected chi connectivity index (χ1v) is 10.1. The van der Waals surface area contributed by atoms with Crippen molar-refractivity contribution in [2.24, 2.45) is 0 Å². The zero-order valence-corrected chi connectivity index (χ0v) is 17.6. The molecule has 2 aromatic heterocycles. The molecule has 2 N–H and O–H groups in total. The molecule has 33 heavy (non-hydrogen) atoms. The molecule has 11 heteroatoms. The second kappa shape index (κ2) is 7.84. The van der Waals surface area contributed by atoms with Crippen LogP contribution >= 0.6 is 0 Å². The van der Waals surface area contributed by atoms with Gasteiger partial charge in [-0.2, -0.15) is 23.1 Å². The van der Waals surface area contributed by atoms with Crippen LogP contribution in [0.3, 0.4) is 0 Å². The van der Waals surface area contributed by atoms with Crippen LogP contribution in [-0.2, 0) is 6.18 Å². The van der Waals surface area contributed by atoms with Crippen molar-refractivity contribution in [2.75, 3.05) is 17.4 Å². The number of anilines is 4. The predicted molar refractivity (Wildman–Crippen MR) is 116 cm³/mol. The van der Waals surface area contributed by atoms with E-state index in [-0.39, 0.29) is 18.8 Å². The first kappa shape index (κ1) is 20.9. The molecule has 0 atom stereocenters. The number of hydrogen-bond donors (Lipinski definition) is 2. The minimum Gasteiger partial charge on any atom is -0.454 e. The molecule has 0 bridgehead atoms. The number of fused-ring (bicyclic) bond motifs is 2. The molecule has 0 unspecified atom stereocenters. The Balaban J connectivity index is 1.51. The molecule has 2 aromatic carbocycles. The summed E-state index contributed by atoms with van der Waals surface area (Å²) < 4.78 is 51.3. The fourth-order valence-corrected chi connectivity index (χ4v) is 3.42. The van der Waals surface area contributed by atoms with Gasteiger partial charge in [0.15, 0.2) is 28.5 Å². The number of alkyl halides is 3. The van der Waals surface area contributed by atoms with Crippen LogP contribution in [0.1, 0.15) is 25.5 Å². The fourth-order valence-electron chi connectivity index (χ4n) is 3.42. The number of imidazole rings is 1. The van der Waals surface area contributed by atoms with Crippen molar-refractivity contribution in [2.45, 2.75) is 26.1 Å². The Morgan fingerprint density at radius 1 is 0.939 bits per heavy atom. The molecule has 0 amide bonds. The summed E-state index contributed by atoms with van der Waals surface area (Å²) in [6.07, 6.45) is -2.73. The molecule has 8 nitrogen and oxygen atoms in total. The summed E-state index contributed by atoms with van der Waals surface area (Å²) in [4.78, 5) is 13.5. The predicted octanol–water partition coefficient (Wildman–Crippen LogP) is 5.64. The van der Waals surface area contributed by atoms with Crippen molar-refractivity contribution >= 4 is 34.3 Å². The summed E-state index contributed by atoms with van der Waals surface area (Å²) in [7, 11) is 0. The summed E-state index contributed by atoms with van der Waals surface area (Å²) >= 11 is 0. The minimum absolute atomic E-state index is 0.0854. The highest BCUT2D eigenvalue weighted by Gasteiger charge is 2.30. The average Bonchev–Trinajstić information content (AvgIpc) is 3.40. The van der Waals surface area contributed by atoms with Gasteiger partial charge < -0.3 is 24.7 Å². The van der Waals surface area contributed by atoms with E-state index in [4.69, 9.17) is 9.47 Å². The van der Waals surface area contributed by atoms with Gasteiger partial charge in [0.2, 0.25) is 12.7 Å². The number of benzene rings is 2. The lowest BCUT2D eigenvalue weighted by Gasteiger charge is -2.13. The summed E-state index contributed by atoms with van der Waals surface area (Å²) in [5.41, 5.74) is 1.54. The number of aromatic nitrogens is 4. The normalized spacial score (nSPS) is 13.0. The summed E-state index contributed by atoms with van der Waals surface area (Å²) in [6.45, 7) is 4.16. The van der Waals surface area contributed by atoms with Gasteiger partial charge in [-0.1, -0.05) is 0 Å². The van der Waals surface area contributed by atoms with Crippen molar-refractivity contribution in [3.63, 3.8) is 0 Å². The Morgan fingerprint density at radius 2 is 1.67 bits per heavy atom. The first-order valence-electron chi connectivity index (χ1n) is 10.1. The molecule has 0 spiro atoms. The third-order valence-corrected chi connectivity index (χ3v) is 5.08. The fraction of sp³-hybridized carbons (Fsp3) is 0.227. The van der Waals surface area contributed by atoms with Gasteiger partial charge in [-0.25, -0.2) is 4.98 Å². The van der Waals surface area contributed by atoms with E-state index in [2.05, 4.69) is 25.6 Å². The maximum Gasteiger partial charge on any atom is 0.416 e. The number of nitrogens with zero attached hydrogens (tertiary/aromatic N) is 4. The van der Waals surface area contributed by atoms with Crippen LogP contribution < -0.4 is 20.1 Å². The van der Waals surface area contributed by atoms with E-state index in [1.165, 1.54) is 12.1 Å². The van der Waals surface area contributed by atoms with Gasteiger partial charge in [-0.15, -0.1) is 0 Å². The molecule has 1 aliphatic heterocycles. The first-order chi connectivity index (χ1) is 15.8. The van der Waals surface area contributed by atoms with Crippen LogP contribution in [0.15, 0.2) is 48.8 Å². The van der Waals surface area contributed by atoms with Crippen LogP contribution in [0.5, 0.6) is 11.5 Å². The van der Waals surface area contributed by atoms with Crippen molar-refractivity contribution in [3.8, 4) is 11.5 Å². The van der Waals surface area contributed by atoms with Crippen LogP contribution in [0.2, 0.25) is 0 Å². The molecular weight excluding hydrogens is 437 g/mol. The molecular formula is C22H19F3N6O2. The zero-order chi connectivity index (χ0) is 23.2. The smallest absolute Gasteiger partial charge is 0.416 e. The van der Waals surface area contributed by atoms with Crippen LogP contribution in [0, 0.1) is 0 Å². The molecule has 4 aromatic rings. The largest absolute Gasteiger partial charge is 0.454 e. The highest BCUT2D eigenvalue weighted by Crippen LogP contribution is 2.36. The molecule has 0 aliphatic carbocycles. The lowest BCUT2D eigenvalue weighted by atomic mass is 10.2. The topological polar surface area (TPSA) is 86.1 Å². The highest BCUT2D eigenvalue weighted by atomic mass is 19.4. The molecule has 170 valence electrons. The lowest BCUT2D eigenvalue weighted by Crippen LogP contribution is -2.06. The third-order valence-electron chi connectivity index (χ3n) is 5.08. The van der Waals surface area contributed by atoms with Gasteiger partial charge in [-0.05, 0) is 50.2 Å². The summed E-state index contributed by atoms with van der Waals surface area (Å²) in [6, 6.07) is 10.2. The van der Waals surface area contributed by atoms with Gasteiger partial charge in [-0.3, -0.25) is 0 Å². The molecule has 1 aliphatic rings. The van der Waals surface area contributed by atoms with Gasteiger partial charge >= 0.3 is 6.18 Å². The third kappa shape index (κ3) is 4.09. The maximum absolute atomic E-state index is 12.9. The van der Waals surface area contributed by atoms with Crippen molar-refractivity contribution in [1.82, 2.24) is 19.5 Å². The Morgan fingerprint density at radius 3 is 2.39 bits per heavy atom. The Kier molecular flexibility index (Phi) is 4.95. The Labute approximate surface area is 186 Å². The number of rotatable bonds is 5. The standard InChI is InChI=1S/C22H19F3N6O2/c1-12(2)31-10-26-18-19(27-15-7-8-16-17(9-15)33-11-32-16)29-21(30-20(18)31)28-14-5-3-13(4-6-14)22(23,24)25/h3-10,12H,11H2,1-2H3,(H2,27,28,29,30). The van der Waals surface area contributed by atoms with Crippen molar-refractivity contribution < 1.29 is 22.6 Å². The van der Waals surface area contributed by atoms with Gasteiger partial charge in [0.1, 0.15) is 0 Å². The van der Waals surface area contributed by atoms with Crippen LogP contribution in [0.4, 0.5) is 36.3 Å². The van der Waals surface area contributed by atoms with E-state index in [1.807, 2.05) is 24.5 Å². The molecule has 0 saturated carbocycles. The number of nitrogens with one attached hydrogen (secondary N) is 2. The van der Waals surface area contributed by atoms with Gasteiger partial charge in [0, 0.05) is 23.5 Å². The quantitative estimate of drug-likeness (QED) is 0.402. The van der Waals surface area contributed by atoms with Crippen molar-refractivity contribution in [1.29, 1.82) is 0 Å². The highest BCUT2D eigenvalue weighted by molar-refractivity contribution is 5.87. The number of hydrogen-bond acceptors (Lipinski definition) is 7. The molecule has 0 saturated heterocycles. The Hall–Kier alpha value is -4.02. The molecule has 3 heterocycles. The second-order valence-corrected chi connectivity index (χ2v) is 7.71. The molecule has 0 fully saturated rings. The van der Waals surface area contributed by atoms with E-state index in [0.29, 0.717) is 39.9 Å².